The van der Waals surface area contributed by atoms with Crippen LogP contribution in [0.4, 0.5) is 0 Å². The van der Waals surface area contributed by atoms with Crippen molar-refractivity contribution < 1.29 is 9.53 Å². The lowest BCUT2D eigenvalue weighted by molar-refractivity contribution is 0.0144. The van der Waals surface area contributed by atoms with Crippen molar-refractivity contribution in [3.8, 4) is 0 Å². The van der Waals surface area contributed by atoms with Crippen molar-refractivity contribution in [2.75, 3.05) is 0 Å². The molecule has 0 saturated heterocycles. The van der Waals surface area contributed by atoms with Gasteiger partial charge in [-0.05, 0) is 37.6 Å². The van der Waals surface area contributed by atoms with Gasteiger partial charge in [0.05, 0.1) is 11.7 Å². The lowest BCUT2D eigenvalue weighted by Gasteiger charge is -2.40. The van der Waals surface area contributed by atoms with Crippen LogP contribution in [0, 0.1) is 5.92 Å². The minimum Gasteiger partial charge on any atom is -0.410 e. The summed E-state index contributed by atoms with van der Waals surface area (Å²) >= 11 is 0. The highest BCUT2D eigenvalue weighted by Crippen LogP contribution is 2.43. The largest absolute Gasteiger partial charge is 0.410 e. The van der Waals surface area contributed by atoms with Gasteiger partial charge in [0.15, 0.2) is 8.32 Å². The van der Waals surface area contributed by atoms with E-state index in [1.54, 1.807) is 0 Å². The van der Waals surface area contributed by atoms with Crippen LogP contribution >= 0.6 is 0 Å². The minimum atomic E-state index is -1.76. The second-order valence-corrected chi connectivity index (χ2v) is 11.9. The first-order valence-electron chi connectivity index (χ1n) is 6.48. The Balaban J connectivity index is 2.86. The van der Waals surface area contributed by atoms with Gasteiger partial charge in [-0.1, -0.05) is 33.8 Å². The summed E-state index contributed by atoms with van der Waals surface area (Å²) in [6.45, 7) is 17.2. The van der Waals surface area contributed by atoms with Gasteiger partial charge in [-0.15, -0.1) is 0 Å². The van der Waals surface area contributed by atoms with Crippen LogP contribution in [0.25, 0.3) is 0 Å². The minimum absolute atomic E-state index is 0.0610. The van der Waals surface area contributed by atoms with E-state index in [0.717, 1.165) is 5.57 Å². The molecule has 1 aliphatic rings. The van der Waals surface area contributed by atoms with Crippen LogP contribution in [-0.2, 0) is 4.43 Å². The second-order valence-electron chi connectivity index (χ2n) is 7.13. The Kier molecular flexibility index (Phi) is 3.70. The SMILES string of the molecule is CC1=CC(O[Si](C)(C)C(C)(C)C)C(C)C1(C)O. The molecule has 0 amide bonds. The van der Waals surface area contributed by atoms with Crippen LogP contribution in [-0.4, -0.2) is 25.1 Å². The molecule has 3 unspecified atom stereocenters. The highest BCUT2D eigenvalue weighted by Gasteiger charge is 2.46. The van der Waals surface area contributed by atoms with Crippen LogP contribution in [0.1, 0.15) is 41.5 Å². The van der Waals surface area contributed by atoms with Gasteiger partial charge < -0.3 is 9.53 Å². The van der Waals surface area contributed by atoms with E-state index in [1.807, 2.05) is 13.8 Å². The molecule has 100 valence electrons. The van der Waals surface area contributed by atoms with Crippen molar-refractivity contribution in [3.63, 3.8) is 0 Å². The Bertz CT molecular complexity index is 324. The standard InChI is InChI=1S/C14H28O2Si/c1-10-9-12(11(2)14(10,6)15)16-17(7,8)13(3,4)5/h9,11-12,15H,1-8H3. The molecule has 0 fully saturated rings. The molecule has 0 aromatic carbocycles. The first-order chi connectivity index (χ1) is 7.39. The van der Waals surface area contributed by atoms with E-state index in [1.165, 1.54) is 0 Å². The highest BCUT2D eigenvalue weighted by atomic mass is 28.4. The molecule has 0 saturated carbocycles. The molecule has 2 nitrogen and oxygen atoms in total. The Labute approximate surface area is 107 Å². The number of rotatable bonds is 2. The van der Waals surface area contributed by atoms with Crippen molar-refractivity contribution in [2.45, 2.75) is 71.4 Å². The normalized spacial score (nSPS) is 35.0. The van der Waals surface area contributed by atoms with E-state index in [-0.39, 0.29) is 17.1 Å². The number of aliphatic hydroxyl groups is 1. The van der Waals surface area contributed by atoms with Gasteiger partial charge >= 0.3 is 0 Å². The summed E-state index contributed by atoms with van der Waals surface area (Å²) in [5.41, 5.74) is 0.321. The average molecular weight is 256 g/mol. The molecule has 0 aromatic heterocycles. The Morgan fingerprint density at radius 2 is 1.82 bits per heavy atom. The summed E-state index contributed by atoms with van der Waals surface area (Å²) in [7, 11) is -1.76. The summed E-state index contributed by atoms with van der Waals surface area (Å²) in [6.07, 6.45) is 2.16. The molecule has 1 rings (SSSR count). The molecule has 0 heterocycles. The average Bonchev–Trinajstić information content (AvgIpc) is 2.28. The topological polar surface area (TPSA) is 29.5 Å². The summed E-state index contributed by atoms with van der Waals surface area (Å²) in [6, 6.07) is 0. The predicted molar refractivity (Wildman–Crippen MR) is 75.6 cm³/mol. The Morgan fingerprint density at radius 3 is 2.12 bits per heavy atom. The first kappa shape index (κ1) is 14.9. The number of hydrogen-bond donors (Lipinski definition) is 1. The molecule has 1 N–H and O–H groups in total. The fraction of sp³-hybridized carbons (Fsp3) is 0.857. The smallest absolute Gasteiger partial charge is 0.192 e. The molecule has 0 aliphatic heterocycles. The third-order valence-corrected chi connectivity index (χ3v) is 9.30. The lowest BCUT2D eigenvalue weighted by Crippen LogP contribution is -2.46. The second kappa shape index (κ2) is 4.21. The van der Waals surface area contributed by atoms with Crippen molar-refractivity contribution in [1.82, 2.24) is 0 Å². The maximum atomic E-state index is 10.4. The third-order valence-electron chi connectivity index (χ3n) is 4.83. The van der Waals surface area contributed by atoms with Crippen LogP contribution in [0.5, 0.6) is 0 Å². The van der Waals surface area contributed by atoms with Gasteiger partial charge in [0, 0.05) is 5.92 Å². The van der Waals surface area contributed by atoms with E-state index in [9.17, 15) is 5.11 Å². The highest BCUT2D eigenvalue weighted by molar-refractivity contribution is 6.74. The summed E-state index contributed by atoms with van der Waals surface area (Å²) < 4.78 is 6.38. The zero-order valence-electron chi connectivity index (χ0n) is 12.6. The molecule has 3 heteroatoms. The molecule has 3 atom stereocenters. The first-order valence-corrected chi connectivity index (χ1v) is 9.39. The molecule has 0 aromatic rings. The lowest BCUT2D eigenvalue weighted by atomic mass is 9.89. The maximum Gasteiger partial charge on any atom is 0.192 e. The molecular formula is C14H28O2Si. The van der Waals surface area contributed by atoms with Gasteiger partial charge in [0.2, 0.25) is 0 Å². The predicted octanol–water partition coefficient (Wildman–Crippen LogP) is 3.72. The van der Waals surface area contributed by atoms with Crippen LogP contribution < -0.4 is 0 Å². The quantitative estimate of drug-likeness (QED) is 0.602. The Morgan fingerprint density at radius 1 is 1.35 bits per heavy atom. The van der Waals surface area contributed by atoms with Gasteiger partial charge in [-0.25, -0.2) is 0 Å². The zero-order valence-corrected chi connectivity index (χ0v) is 13.6. The van der Waals surface area contributed by atoms with Crippen LogP contribution in [0.2, 0.25) is 18.1 Å². The van der Waals surface area contributed by atoms with Crippen LogP contribution in [0.3, 0.4) is 0 Å². The van der Waals surface area contributed by atoms with Gasteiger partial charge in [0.25, 0.3) is 0 Å². The third kappa shape index (κ3) is 2.66. The van der Waals surface area contributed by atoms with E-state index in [4.69, 9.17) is 4.43 Å². The molecule has 17 heavy (non-hydrogen) atoms. The van der Waals surface area contributed by atoms with Gasteiger partial charge in [-0.3, -0.25) is 0 Å². The van der Waals surface area contributed by atoms with Crippen molar-refractivity contribution in [2.24, 2.45) is 5.92 Å². The van der Waals surface area contributed by atoms with Gasteiger partial charge in [0.1, 0.15) is 0 Å². The summed E-state index contributed by atoms with van der Waals surface area (Å²) in [4.78, 5) is 0. The maximum absolute atomic E-state index is 10.4. The van der Waals surface area contributed by atoms with Gasteiger partial charge in [-0.2, -0.15) is 0 Å². The molecular weight excluding hydrogens is 228 g/mol. The van der Waals surface area contributed by atoms with Crippen molar-refractivity contribution >= 4 is 8.32 Å². The van der Waals surface area contributed by atoms with E-state index in [2.05, 4.69) is 46.9 Å². The number of hydrogen-bond acceptors (Lipinski definition) is 2. The molecule has 0 spiro atoms. The van der Waals surface area contributed by atoms with Crippen molar-refractivity contribution in [3.05, 3.63) is 11.6 Å². The fourth-order valence-electron chi connectivity index (χ4n) is 1.89. The van der Waals surface area contributed by atoms with E-state index >= 15 is 0 Å². The zero-order chi connectivity index (χ0) is 13.6. The molecule has 1 aliphatic carbocycles. The van der Waals surface area contributed by atoms with E-state index < -0.39 is 13.9 Å². The Hall–Kier alpha value is -0.123. The van der Waals surface area contributed by atoms with E-state index in [0.29, 0.717) is 0 Å². The molecule has 0 bridgehead atoms. The van der Waals surface area contributed by atoms with Crippen LogP contribution in [0.15, 0.2) is 11.6 Å². The summed E-state index contributed by atoms with van der Waals surface area (Å²) in [5, 5.41) is 10.6. The van der Waals surface area contributed by atoms with Crippen molar-refractivity contribution in [1.29, 1.82) is 0 Å². The summed E-state index contributed by atoms with van der Waals surface area (Å²) in [5.74, 6) is 0.136. The fourth-order valence-corrected chi connectivity index (χ4v) is 3.20. The molecule has 0 radical (unpaired) electrons. The monoisotopic (exact) mass is 256 g/mol.